The van der Waals surface area contributed by atoms with Crippen LogP contribution in [0, 0.1) is 18.8 Å². The summed E-state index contributed by atoms with van der Waals surface area (Å²) in [5.74, 6) is 1.60. The summed E-state index contributed by atoms with van der Waals surface area (Å²) in [5.41, 5.74) is 2.49. The predicted octanol–water partition coefficient (Wildman–Crippen LogP) is 2.24. The summed E-state index contributed by atoms with van der Waals surface area (Å²) in [4.78, 5) is 13.8. The first-order valence-corrected chi connectivity index (χ1v) is 9.60. The van der Waals surface area contributed by atoms with Crippen molar-refractivity contribution in [1.82, 2.24) is 25.1 Å². The lowest BCUT2D eigenvalue weighted by Crippen LogP contribution is -2.30. The lowest BCUT2D eigenvalue weighted by atomic mass is 10.0. The Labute approximate surface area is 160 Å². The summed E-state index contributed by atoms with van der Waals surface area (Å²) < 4.78 is 42.6. The van der Waals surface area contributed by atoms with E-state index >= 15 is 0 Å². The zero-order valence-corrected chi connectivity index (χ0v) is 15.5. The Morgan fingerprint density at radius 3 is 2.46 bits per heavy atom. The topological polar surface area (TPSA) is 71.2 Å². The van der Waals surface area contributed by atoms with Crippen LogP contribution in [0.1, 0.15) is 35.3 Å². The number of hydrogen-bond donors (Lipinski definition) is 0. The van der Waals surface area contributed by atoms with Gasteiger partial charge in [-0.15, -0.1) is 10.2 Å². The van der Waals surface area contributed by atoms with Gasteiger partial charge >= 0.3 is 12.1 Å². The second kappa shape index (κ2) is 6.40. The largest absolute Gasteiger partial charge is 0.470 e. The molecule has 2 saturated heterocycles. The minimum atomic E-state index is -4.59. The molecule has 2 aromatic rings. The molecule has 7 nitrogen and oxygen atoms in total. The zero-order valence-electron chi connectivity index (χ0n) is 15.5. The zero-order chi connectivity index (χ0) is 19.5. The molecule has 0 radical (unpaired) electrons. The molecule has 2 atom stereocenters. The highest BCUT2D eigenvalue weighted by molar-refractivity contribution is 5.52. The van der Waals surface area contributed by atoms with Crippen LogP contribution in [0.2, 0.25) is 0 Å². The SMILES string of the molecule is Cc1nc2c(c(N3CC4CN(Cc5nnc(C(F)(F)F)o5)CC4C3)n1)CCC2. The van der Waals surface area contributed by atoms with Gasteiger partial charge in [0, 0.05) is 37.4 Å². The normalized spacial score (nSPS) is 24.8. The molecule has 0 aromatic carbocycles. The monoisotopic (exact) mass is 394 g/mol. The number of aryl methyl sites for hydroxylation is 2. The van der Waals surface area contributed by atoms with Gasteiger partial charge in [-0.3, -0.25) is 4.90 Å². The molecule has 28 heavy (non-hydrogen) atoms. The van der Waals surface area contributed by atoms with Gasteiger partial charge in [0.1, 0.15) is 11.6 Å². The molecule has 1 aliphatic carbocycles. The van der Waals surface area contributed by atoms with E-state index in [1.54, 1.807) is 0 Å². The molecule has 10 heteroatoms. The second-order valence-electron chi connectivity index (χ2n) is 7.99. The maximum Gasteiger partial charge on any atom is 0.470 e. The molecule has 0 amide bonds. The Bertz CT molecular complexity index is 884. The van der Waals surface area contributed by atoms with E-state index in [1.165, 1.54) is 11.3 Å². The van der Waals surface area contributed by atoms with Crippen molar-refractivity contribution in [2.75, 3.05) is 31.1 Å². The lowest BCUT2D eigenvalue weighted by Gasteiger charge is -2.23. The Balaban J connectivity index is 1.24. The van der Waals surface area contributed by atoms with Crippen molar-refractivity contribution < 1.29 is 17.6 Å². The second-order valence-corrected chi connectivity index (χ2v) is 7.99. The van der Waals surface area contributed by atoms with Gasteiger partial charge in [-0.05, 0) is 38.0 Å². The average Bonchev–Trinajstić information content (AvgIpc) is 3.35. The fraction of sp³-hybridized carbons (Fsp3) is 0.667. The van der Waals surface area contributed by atoms with Gasteiger partial charge < -0.3 is 9.32 Å². The van der Waals surface area contributed by atoms with Gasteiger partial charge in [-0.2, -0.15) is 13.2 Å². The van der Waals surface area contributed by atoms with Crippen molar-refractivity contribution in [3.63, 3.8) is 0 Å². The van der Waals surface area contributed by atoms with Crippen molar-refractivity contribution in [1.29, 1.82) is 0 Å². The van der Waals surface area contributed by atoms with E-state index in [9.17, 15) is 13.2 Å². The number of fused-ring (bicyclic) bond motifs is 2. The van der Waals surface area contributed by atoms with E-state index in [1.807, 2.05) is 6.92 Å². The smallest absolute Gasteiger partial charge is 0.416 e. The first kappa shape index (κ1) is 17.8. The Morgan fingerprint density at radius 2 is 1.79 bits per heavy atom. The van der Waals surface area contributed by atoms with Crippen LogP contribution >= 0.6 is 0 Å². The highest BCUT2D eigenvalue weighted by Gasteiger charge is 2.42. The third-order valence-electron chi connectivity index (χ3n) is 5.95. The number of nitrogens with zero attached hydrogens (tertiary/aromatic N) is 6. The number of aromatic nitrogens is 4. The molecule has 3 aliphatic rings. The van der Waals surface area contributed by atoms with Crippen LogP contribution in [0.5, 0.6) is 0 Å². The number of hydrogen-bond acceptors (Lipinski definition) is 7. The molecule has 0 N–H and O–H groups in total. The number of likely N-dealkylation sites (tertiary alicyclic amines) is 1. The van der Waals surface area contributed by atoms with Gasteiger partial charge in [0.15, 0.2) is 0 Å². The first-order chi connectivity index (χ1) is 13.4. The molecule has 2 aliphatic heterocycles. The van der Waals surface area contributed by atoms with Crippen LogP contribution in [0.3, 0.4) is 0 Å². The summed E-state index contributed by atoms with van der Waals surface area (Å²) in [6.45, 7) is 5.68. The van der Waals surface area contributed by atoms with Crippen molar-refractivity contribution in [2.24, 2.45) is 11.8 Å². The minimum Gasteiger partial charge on any atom is -0.416 e. The maximum absolute atomic E-state index is 12.6. The summed E-state index contributed by atoms with van der Waals surface area (Å²) in [6.07, 6.45) is -1.38. The van der Waals surface area contributed by atoms with E-state index in [4.69, 9.17) is 9.40 Å². The number of alkyl halides is 3. The lowest BCUT2D eigenvalue weighted by molar-refractivity contribution is -0.157. The summed E-state index contributed by atoms with van der Waals surface area (Å²) >= 11 is 0. The fourth-order valence-corrected chi connectivity index (χ4v) is 4.81. The third kappa shape index (κ3) is 3.13. The maximum atomic E-state index is 12.6. The Kier molecular flexibility index (Phi) is 4.08. The van der Waals surface area contributed by atoms with Crippen LogP contribution in [0.25, 0.3) is 0 Å². The van der Waals surface area contributed by atoms with E-state index < -0.39 is 12.1 Å². The molecule has 0 spiro atoms. The van der Waals surface area contributed by atoms with Crippen LogP contribution in [-0.2, 0) is 25.6 Å². The predicted molar refractivity (Wildman–Crippen MR) is 92.6 cm³/mol. The fourth-order valence-electron chi connectivity index (χ4n) is 4.81. The van der Waals surface area contributed by atoms with Gasteiger partial charge in [0.05, 0.1) is 6.54 Å². The molecule has 5 rings (SSSR count). The summed E-state index contributed by atoms with van der Waals surface area (Å²) in [5, 5.41) is 6.65. The third-order valence-corrected chi connectivity index (χ3v) is 5.95. The Morgan fingerprint density at radius 1 is 1.04 bits per heavy atom. The van der Waals surface area contributed by atoms with Crippen molar-refractivity contribution in [2.45, 2.75) is 38.9 Å². The van der Waals surface area contributed by atoms with E-state index in [2.05, 4.69) is 25.0 Å². The summed E-state index contributed by atoms with van der Waals surface area (Å²) in [6, 6.07) is 0. The van der Waals surface area contributed by atoms with Crippen molar-refractivity contribution >= 4 is 5.82 Å². The van der Waals surface area contributed by atoms with Crippen LogP contribution in [-0.4, -0.2) is 51.2 Å². The molecule has 4 heterocycles. The first-order valence-electron chi connectivity index (χ1n) is 9.60. The van der Waals surface area contributed by atoms with Crippen LogP contribution in [0.15, 0.2) is 4.42 Å². The quantitative estimate of drug-likeness (QED) is 0.791. The molecule has 2 aromatic heterocycles. The van der Waals surface area contributed by atoms with E-state index in [0.717, 1.165) is 57.1 Å². The molecule has 150 valence electrons. The molecule has 0 bridgehead atoms. The summed E-state index contributed by atoms with van der Waals surface area (Å²) in [7, 11) is 0. The van der Waals surface area contributed by atoms with Crippen molar-refractivity contribution in [3.05, 3.63) is 28.9 Å². The van der Waals surface area contributed by atoms with Gasteiger partial charge in [0.2, 0.25) is 5.89 Å². The number of rotatable bonds is 3. The van der Waals surface area contributed by atoms with Crippen LogP contribution in [0.4, 0.5) is 19.0 Å². The number of anilines is 1. The standard InChI is InChI=1S/C18H21F3N6O/c1-10-22-14-4-2-3-13(14)16(23-10)27-7-11-5-26(6-12(11)8-27)9-15-24-25-17(28-15)18(19,20)21/h11-12H,2-9H2,1H3. The number of halogens is 3. The molecule has 2 unspecified atom stereocenters. The Hall–Kier alpha value is -2.23. The van der Waals surface area contributed by atoms with Gasteiger partial charge in [-0.1, -0.05) is 0 Å². The van der Waals surface area contributed by atoms with E-state index in [-0.39, 0.29) is 12.4 Å². The highest BCUT2D eigenvalue weighted by Crippen LogP contribution is 2.37. The molecular weight excluding hydrogens is 373 g/mol. The van der Waals surface area contributed by atoms with Gasteiger partial charge in [0.25, 0.3) is 0 Å². The van der Waals surface area contributed by atoms with Crippen molar-refractivity contribution in [3.8, 4) is 0 Å². The average molecular weight is 394 g/mol. The molecule has 0 saturated carbocycles. The molecule has 2 fully saturated rings. The van der Waals surface area contributed by atoms with Gasteiger partial charge in [-0.25, -0.2) is 9.97 Å². The highest BCUT2D eigenvalue weighted by atomic mass is 19.4. The minimum absolute atomic E-state index is 0.0217. The van der Waals surface area contributed by atoms with E-state index in [0.29, 0.717) is 11.8 Å². The molecular formula is C18H21F3N6O. The van der Waals surface area contributed by atoms with Crippen LogP contribution < -0.4 is 4.90 Å².